The average Bonchev–Trinajstić information content (AvgIpc) is 1.67. The Bertz CT molecular complexity index is 4550. The molecule has 29 heteroatoms. The number of likely N-dealkylation sites (tertiary alicyclic amines) is 1. The number of thiazole rings is 1. The normalized spacial score (nSPS) is 17.5. The molecule has 5 N–H and O–H groups in total. The number of aliphatic hydroxyl groups is 1. The van der Waals surface area contributed by atoms with Crippen LogP contribution < -0.4 is 25.6 Å². The lowest BCUT2D eigenvalue weighted by molar-refractivity contribution is -0.384. The summed E-state index contributed by atoms with van der Waals surface area (Å²) < 4.78 is 46.0. The Balaban J connectivity index is 0.568. The number of nitrogens with one attached hydrogen (secondary N) is 4. The summed E-state index contributed by atoms with van der Waals surface area (Å²) in [5.41, 5.74) is 9.18. The molecule has 3 aliphatic heterocycles. The van der Waals surface area contributed by atoms with Gasteiger partial charge in [0.2, 0.25) is 23.6 Å². The monoisotopic (exact) mass is 1550 g/mol. The summed E-state index contributed by atoms with van der Waals surface area (Å²) in [7, 11) is -4.44. The average molecular weight is 1550 g/mol. The number of halogens is 1. The first-order chi connectivity index (χ1) is 52.1. The lowest BCUT2D eigenvalue weighted by atomic mass is 9.72. The maximum absolute atomic E-state index is 14.3. The number of carbonyl (C=O) groups is 6. The number of aryl methyl sites for hydroxylation is 1. The van der Waals surface area contributed by atoms with Crippen LogP contribution in [0.3, 0.4) is 0 Å². The molecular formula is C80H99ClN12O14S2. The molecular weight excluding hydrogens is 1450 g/mol. The number of nitro benzene ring substituents is 1. The van der Waals surface area contributed by atoms with Crippen molar-refractivity contribution < 1.29 is 61.4 Å². The minimum atomic E-state index is -4.44. The van der Waals surface area contributed by atoms with E-state index in [9.17, 15) is 52.4 Å². The highest BCUT2D eigenvalue weighted by Crippen LogP contribution is 2.44. The molecule has 0 saturated carbocycles. The van der Waals surface area contributed by atoms with Gasteiger partial charge in [0.05, 0.1) is 63.6 Å². The van der Waals surface area contributed by atoms with Crippen molar-refractivity contribution in [3.63, 3.8) is 0 Å². The zero-order valence-corrected chi connectivity index (χ0v) is 65.2. The van der Waals surface area contributed by atoms with Crippen molar-refractivity contribution in [1.29, 1.82) is 0 Å². The molecule has 4 aromatic carbocycles. The Morgan fingerprint density at radius 1 is 0.826 bits per heavy atom. The van der Waals surface area contributed by atoms with Crippen LogP contribution in [0.15, 0.2) is 125 Å². The Morgan fingerprint density at radius 2 is 1.53 bits per heavy atom. The fourth-order valence-electron chi connectivity index (χ4n) is 14.3. The zero-order valence-electron chi connectivity index (χ0n) is 62.8. The van der Waals surface area contributed by atoms with Crippen LogP contribution in [0, 0.1) is 27.9 Å². The largest absolute Gasteiger partial charge is 0.455 e. The van der Waals surface area contributed by atoms with Crippen molar-refractivity contribution in [1.82, 2.24) is 45.2 Å². The number of fused-ring (bicyclic) bond motifs is 1. The van der Waals surface area contributed by atoms with Crippen LogP contribution in [0.25, 0.3) is 27.0 Å². The zero-order chi connectivity index (χ0) is 77.6. The summed E-state index contributed by atoms with van der Waals surface area (Å²) in [5, 5.41) is 33.4. The molecule has 0 unspecified atom stereocenters. The summed E-state index contributed by atoms with van der Waals surface area (Å²) in [6.45, 7) is 19.2. The van der Waals surface area contributed by atoms with Crippen LogP contribution >= 0.6 is 22.9 Å². The van der Waals surface area contributed by atoms with Crippen LogP contribution in [-0.4, -0.2) is 211 Å². The van der Waals surface area contributed by atoms with Crippen LogP contribution in [0.4, 0.5) is 17.1 Å². The molecule has 3 atom stereocenters. The predicted octanol–water partition coefficient (Wildman–Crippen LogP) is 11.1. The molecule has 3 saturated heterocycles. The molecule has 3 fully saturated rings. The summed E-state index contributed by atoms with van der Waals surface area (Å²) >= 11 is 7.84. The van der Waals surface area contributed by atoms with Gasteiger partial charge in [-0.2, -0.15) is 0 Å². The van der Waals surface area contributed by atoms with Gasteiger partial charge in [-0.15, -0.1) is 11.3 Å². The molecule has 0 radical (unpaired) electrons. The molecule has 0 bridgehead atoms. The van der Waals surface area contributed by atoms with Gasteiger partial charge in [-0.05, 0) is 121 Å². The number of allylic oxidation sites excluding steroid dienone is 1. The molecule has 26 nitrogen and oxygen atoms in total. The predicted molar refractivity (Wildman–Crippen MR) is 419 cm³/mol. The van der Waals surface area contributed by atoms with Crippen LogP contribution in [-0.2, 0) is 49.8 Å². The van der Waals surface area contributed by atoms with Crippen molar-refractivity contribution in [2.24, 2.45) is 10.8 Å². The van der Waals surface area contributed by atoms with Gasteiger partial charge in [0.15, 0.2) is 15.6 Å². The van der Waals surface area contributed by atoms with Crippen molar-refractivity contribution >= 4 is 102 Å². The first kappa shape index (κ1) is 81.0. The number of aliphatic hydroxyl groups excluding tert-OH is 1. The fraction of sp³-hybridized carbons (Fsp3) is 0.475. The number of ether oxygens (including phenoxy) is 3. The van der Waals surface area contributed by atoms with Crippen LogP contribution in [0.2, 0.25) is 5.02 Å². The molecule has 4 amide bonds. The van der Waals surface area contributed by atoms with E-state index >= 15 is 0 Å². The molecule has 4 aliphatic rings. The van der Waals surface area contributed by atoms with E-state index in [0.717, 1.165) is 77.7 Å². The number of amides is 4. The Hall–Kier alpha value is -9.00. The van der Waals surface area contributed by atoms with Crippen molar-refractivity contribution in [2.45, 2.75) is 135 Å². The third-order valence-corrected chi connectivity index (χ3v) is 23.4. The molecule has 109 heavy (non-hydrogen) atoms. The van der Waals surface area contributed by atoms with E-state index in [1.54, 1.807) is 73.0 Å². The Labute approximate surface area is 645 Å². The maximum Gasteiger partial charge on any atom is 0.293 e. The molecule has 0 spiro atoms. The van der Waals surface area contributed by atoms with E-state index in [1.807, 2.05) is 54.3 Å². The number of aromatic amines is 1. The van der Waals surface area contributed by atoms with Crippen LogP contribution in [0.1, 0.15) is 126 Å². The molecule has 6 heterocycles. The van der Waals surface area contributed by atoms with Gasteiger partial charge < -0.3 is 55.0 Å². The second kappa shape index (κ2) is 36.7. The second-order valence-corrected chi connectivity index (χ2v) is 33.7. The van der Waals surface area contributed by atoms with Crippen molar-refractivity contribution in [2.75, 3.05) is 115 Å². The number of aromatic nitrogens is 3. The van der Waals surface area contributed by atoms with Crippen molar-refractivity contribution in [3.8, 4) is 21.9 Å². The maximum atomic E-state index is 14.3. The number of piperazine rings is 2. The summed E-state index contributed by atoms with van der Waals surface area (Å²) in [4.78, 5) is 115. The number of H-pyrrole nitrogens is 1. The smallest absolute Gasteiger partial charge is 0.293 e. The number of Topliss-reactive ketones (excluding diaryl/α,β-unsaturated/α-hetero) is 2. The molecule has 3 aromatic heterocycles. The van der Waals surface area contributed by atoms with E-state index < -0.39 is 78.2 Å². The molecule has 7 aromatic rings. The van der Waals surface area contributed by atoms with Crippen molar-refractivity contribution in [3.05, 3.63) is 158 Å². The summed E-state index contributed by atoms with van der Waals surface area (Å²) in [5.74, 6) is -2.81. The number of rotatable bonds is 34. The third kappa shape index (κ3) is 22.0. The van der Waals surface area contributed by atoms with E-state index in [4.69, 9.17) is 25.8 Å². The van der Waals surface area contributed by atoms with Gasteiger partial charge in [-0.25, -0.2) is 18.4 Å². The number of nitrogens with zero attached hydrogens (tertiary/aromatic N) is 8. The van der Waals surface area contributed by atoms with E-state index in [-0.39, 0.29) is 99.2 Å². The van der Waals surface area contributed by atoms with Gasteiger partial charge in [0, 0.05) is 152 Å². The number of ketones is 2. The number of carbonyl (C=O) groups excluding carboxylic acids is 6. The first-order valence-electron chi connectivity index (χ1n) is 37.3. The number of anilines is 2. The molecule has 582 valence electrons. The highest BCUT2D eigenvalue weighted by atomic mass is 35.5. The number of β-amino-alcohol motifs (C(OH)–C–C–N with tert-alkyl or cyclic N) is 1. The van der Waals surface area contributed by atoms with Gasteiger partial charge in [0.25, 0.3) is 5.69 Å². The number of sulfone groups is 1. The number of benzene rings is 4. The SMILES string of the molecule is Cc1ncsc1-c1ccc(CNC(=O)[C@@H]2C[C@@H](O)CN2C(=O)[C@@H](NC(=O)CCC(=O)CCCOCCOCCCC(=O)N2CCN(CNc3ccc(S(=O)(=O)CC(=O)c4ccc(N5CCN(CC6=C(c7ccc(Cl)cc7)CC(C)(C)CC6)CC5)cc4Oc4cnc5[nH]ccc5c4)cc3[N+](=O)[O-])CC2)C(C)(C)C)cc1. The topological polar surface area (TPSA) is 321 Å². The molecule has 11 rings (SSSR count). The Kier molecular flexibility index (Phi) is 27.3. The number of hydrogen-bond donors (Lipinski definition) is 5. The molecule has 1 aliphatic carbocycles. The van der Waals surface area contributed by atoms with Gasteiger partial charge in [0.1, 0.15) is 46.5 Å². The van der Waals surface area contributed by atoms with Gasteiger partial charge >= 0.3 is 0 Å². The fourth-order valence-corrected chi connectivity index (χ4v) is 16.5. The first-order valence-corrected chi connectivity index (χ1v) is 40.2. The third-order valence-electron chi connectivity index (χ3n) is 20.6. The minimum absolute atomic E-state index is 0.0229. The lowest BCUT2D eigenvalue weighted by Gasteiger charge is -2.39. The standard InChI is InChI=1S/C80H99ClN12O14S2/c1-53-74(108-52-86-53)56-13-11-54(12-14-56)46-84-77(99)69-43-62(95)49-92(69)78(100)75(79(2,3)4)87-72(97)24-20-61(94)9-7-37-105-39-40-106-38-8-10-73(98)91-35-31-89(32-36-91)51-85-67-23-21-64(44-68(67)93(101)102)109(103,104)50-70(96)65-22-19-60(42-71(65)107-63-41-57-26-28-82-76(57)83-47-63)90-33-29-88(30-34-90)48-58-25-27-80(5,6)45-66(58)55-15-17-59(81)18-16-55/h11-19,21-23,26,28,41-42,44,47,52,62,69,75,85,95H,7-10,20,24-25,27,29-40,43,45-46,48-51H2,1-6H3,(H,82,83)(H,84,99)(H,87,97)/t62-,69+,75-/m1/s1. The summed E-state index contributed by atoms with van der Waals surface area (Å²) in [6.07, 6.45) is 6.74. The highest BCUT2D eigenvalue weighted by Gasteiger charge is 2.45. The second-order valence-electron chi connectivity index (χ2n) is 30.4. The van der Waals surface area contributed by atoms with Crippen LogP contribution in [0.5, 0.6) is 11.5 Å². The van der Waals surface area contributed by atoms with Gasteiger partial charge in [-0.1, -0.05) is 88.2 Å². The lowest BCUT2D eigenvalue weighted by Crippen LogP contribution is -2.57. The quantitative estimate of drug-likeness (QED) is 0.0108. The van der Waals surface area contributed by atoms with Gasteiger partial charge in [-0.3, -0.25) is 48.7 Å². The number of nitro groups is 1. The van der Waals surface area contributed by atoms with E-state index in [1.165, 1.54) is 39.9 Å². The van der Waals surface area contributed by atoms with E-state index in [2.05, 4.69) is 66.7 Å². The number of hydrogen-bond acceptors (Lipinski definition) is 21. The highest BCUT2D eigenvalue weighted by molar-refractivity contribution is 7.92. The number of pyridine rings is 1. The Morgan fingerprint density at radius 3 is 2.23 bits per heavy atom. The minimum Gasteiger partial charge on any atom is -0.455 e. The summed E-state index contributed by atoms with van der Waals surface area (Å²) in [6, 6.07) is 26.3. The van der Waals surface area contributed by atoms with E-state index in [0.29, 0.717) is 81.7 Å².